The fraction of sp³-hybridized carbons (Fsp3) is 0.333. The fourth-order valence-electron chi connectivity index (χ4n) is 1.31. The van der Waals surface area contributed by atoms with Crippen LogP contribution >= 0.6 is 0 Å². The summed E-state index contributed by atoms with van der Waals surface area (Å²) in [7, 11) is -2.87. The summed E-state index contributed by atoms with van der Waals surface area (Å²) in [5, 5.41) is 0. The van der Waals surface area contributed by atoms with Crippen molar-refractivity contribution < 1.29 is 17.7 Å². The first-order chi connectivity index (χ1) is 6.90. The third-order valence-corrected chi connectivity index (χ3v) is 2.98. The Labute approximate surface area is 88.6 Å². The molecule has 0 amide bonds. The lowest BCUT2D eigenvalue weighted by Gasteiger charge is -2.10. The smallest absolute Gasteiger partial charge is 0.296 e. The largest absolute Gasteiger partial charge is 0.496 e. The maximum Gasteiger partial charge on any atom is 0.296 e. The molecule has 84 valence electrons. The van der Waals surface area contributed by atoms with Crippen LogP contribution in [0.5, 0.6) is 5.75 Å². The minimum Gasteiger partial charge on any atom is -0.496 e. The van der Waals surface area contributed by atoms with Gasteiger partial charge in [0, 0.05) is 6.07 Å². The Bertz CT molecular complexity index is 467. The van der Waals surface area contributed by atoms with Gasteiger partial charge in [0.05, 0.1) is 12.8 Å². The molecule has 15 heavy (non-hydrogen) atoms. The number of hydrogen-bond donors (Lipinski definition) is 2. The molecule has 0 atom stereocenters. The maximum absolute atomic E-state index is 10.9. The molecule has 3 N–H and O–H groups in total. The number of ether oxygens (including phenoxy) is 1. The lowest BCUT2D eigenvalue weighted by Crippen LogP contribution is -2.05. The van der Waals surface area contributed by atoms with Crippen molar-refractivity contribution in [3.8, 4) is 5.75 Å². The molecule has 1 aromatic rings. The molecule has 6 heteroatoms. The second kappa shape index (κ2) is 4.08. The molecule has 0 unspecified atom stereocenters. The van der Waals surface area contributed by atoms with Crippen LogP contribution in [0, 0.1) is 0 Å². The molecule has 1 aromatic carbocycles. The van der Waals surface area contributed by atoms with Crippen molar-refractivity contribution in [3.05, 3.63) is 17.7 Å². The number of aryl methyl sites for hydroxylation is 1. The molecule has 0 heterocycles. The Morgan fingerprint density at radius 2 is 2.07 bits per heavy atom. The highest BCUT2D eigenvalue weighted by Crippen LogP contribution is 2.28. The summed E-state index contributed by atoms with van der Waals surface area (Å²) in [6.45, 7) is 1.89. The van der Waals surface area contributed by atoms with E-state index in [9.17, 15) is 8.42 Å². The molecule has 0 spiro atoms. The summed E-state index contributed by atoms with van der Waals surface area (Å²) in [6, 6.07) is 2.71. The number of nitrogens with two attached hydrogens (primary N) is 1. The number of hydrogen-bond acceptors (Lipinski definition) is 4. The molecule has 0 aromatic heterocycles. The molecule has 1 rings (SSSR count). The predicted octanol–water partition coefficient (Wildman–Crippen LogP) is 1.09. The first kappa shape index (κ1) is 11.8. The number of nitrogen functional groups attached to an aromatic ring is 1. The van der Waals surface area contributed by atoms with Crippen LogP contribution in [0.15, 0.2) is 17.0 Å². The maximum atomic E-state index is 10.9. The van der Waals surface area contributed by atoms with Crippen molar-refractivity contribution in [1.82, 2.24) is 0 Å². The van der Waals surface area contributed by atoms with Crippen LogP contribution in [0.2, 0.25) is 0 Å². The van der Waals surface area contributed by atoms with Gasteiger partial charge in [-0.2, -0.15) is 8.42 Å². The van der Waals surface area contributed by atoms with Crippen molar-refractivity contribution in [2.24, 2.45) is 0 Å². The highest BCUT2D eigenvalue weighted by atomic mass is 32.2. The van der Waals surface area contributed by atoms with Crippen LogP contribution in [0.3, 0.4) is 0 Å². The molecule has 5 nitrogen and oxygen atoms in total. The van der Waals surface area contributed by atoms with Crippen molar-refractivity contribution in [3.63, 3.8) is 0 Å². The average molecular weight is 231 g/mol. The van der Waals surface area contributed by atoms with Gasteiger partial charge in [-0.05, 0) is 18.1 Å². The standard InChI is InChI=1S/C9H13NO4S/c1-3-6-4-7(10)9(15(11,12)13)5-8(6)14-2/h4-5H,3,10H2,1-2H3,(H,11,12,13). The van der Waals surface area contributed by atoms with Gasteiger partial charge in [0.15, 0.2) is 0 Å². The highest BCUT2D eigenvalue weighted by molar-refractivity contribution is 7.86. The third kappa shape index (κ3) is 2.40. The summed E-state index contributed by atoms with van der Waals surface area (Å²) in [5.41, 5.74) is 6.33. The number of rotatable bonds is 3. The van der Waals surface area contributed by atoms with Crippen molar-refractivity contribution in [1.29, 1.82) is 0 Å². The lowest BCUT2D eigenvalue weighted by atomic mass is 10.1. The van der Waals surface area contributed by atoms with E-state index in [4.69, 9.17) is 15.0 Å². The molecule has 0 aliphatic heterocycles. The first-order valence-corrected chi connectivity index (χ1v) is 5.78. The lowest BCUT2D eigenvalue weighted by molar-refractivity contribution is 0.408. The summed E-state index contributed by atoms with van der Waals surface area (Å²) < 4.78 is 35.8. The van der Waals surface area contributed by atoms with Crippen molar-refractivity contribution in [2.45, 2.75) is 18.2 Å². The first-order valence-electron chi connectivity index (χ1n) is 4.34. The van der Waals surface area contributed by atoms with Gasteiger partial charge in [0.2, 0.25) is 0 Å². The molecule has 0 aliphatic rings. The minimum atomic E-state index is -4.30. The number of benzene rings is 1. The van der Waals surface area contributed by atoms with E-state index in [1.165, 1.54) is 19.2 Å². The molecular formula is C9H13NO4S. The fourth-order valence-corrected chi connectivity index (χ4v) is 1.93. The molecule has 0 radical (unpaired) electrons. The van der Waals surface area contributed by atoms with Crippen molar-refractivity contribution in [2.75, 3.05) is 12.8 Å². The van der Waals surface area contributed by atoms with E-state index >= 15 is 0 Å². The highest BCUT2D eigenvalue weighted by Gasteiger charge is 2.17. The number of methoxy groups -OCH3 is 1. The van der Waals surface area contributed by atoms with Crippen LogP contribution in [0.25, 0.3) is 0 Å². The monoisotopic (exact) mass is 231 g/mol. The van der Waals surface area contributed by atoms with Gasteiger partial charge >= 0.3 is 0 Å². The Balaban J connectivity index is 3.46. The predicted molar refractivity (Wildman–Crippen MR) is 56.6 cm³/mol. The second-order valence-corrected chi connectivity index (χ2v) is 4.42. The molecule has 0 bridgehead atoms. The summed E-state index contributed by atoms with van der Waals surface area (Å²) >= 11 is 0. The summed E-state index contributed by atoms with van der Waals surface area (Å²) in [4.78, 5) is -0.323. The van der Waals surface area contributed by atoms with E-state index in [2.05, 4.69) is 0 Å². The van der Waals surface area contributed by atoms with Gasteiger partial charge < -0.3 is 10.5 Å². The molecule has 0 saturated heterocycles. The van der Waals surface area contributed by atoms with Gasteiger partial charge in [-0.3, -0.25) is 4.55 Å². The van der Waals surface area contributed by atoms with Gasteiger partial charge in [-0.25, -0.2) is 0 Å². The Kier molecular flexibility index (Phi) is 3.21. The molecule has 0 aliphatic carbocycles. The van der Waals surface area contributed by atoms with E-state index in [0.29, 0.717) is 12.2 Å². The van der Waals surface area contributed by atoms with E-state index in [1.807, 2.05) is 6.92 Å². The number of anilines is 1. The van der Waals surface area contributed by atoms with Crippen LogP contribution in [-0.2, 0) is 16.5 Å². The van der Waals surface area contributed by atoms with Crippen molar-refractivity contribution >= 4 is 15.8 Å². The van der Waals surface area contributed by atoms with Crippen LogP contribution in [0.1, 0.15) is 12.5 Å². The van der Waals surface area contributed by atoms with E-state index in [-0.39, 0.29) is 10.6 Å². The third-order valence-electron chi connectivity index (χ3n) is 2.07. The molecule has 0 fully saturated rings. The molecular weight excluding hydrogens is 218 g/mol. The zero-order valence-electron chi connectivity index (χ0n) is 8.52. The van der Waals surface area contributed by atoms with E-state index in [1.54, 1.807) is 0 Å². The Morgan fingerprint density at radius 3 is 2.47 bits per heavy atom. The SMILES string of the molecule is CCc1cc(N)c(S(=O)(=O)O)cc1OC. The second-order valence-electron chi connectivity index (χ2n) is 3.03. The van der Waals surface area contributed by atoms with E-state index < -0.39 is 10.1 Å². The summed E-state index contributed by atoms with van der Waals surface area (Å²) in [5.74, 6) is 0.402. The summed E-state index contributed by atoms with van der Waals surface area (Å²) in [6.07, 6.45) is 0.666. The van der Waals surface area contributed by atoms with E-state index in [0.717, 1.165) is 5.56 Å². The minimum absolute atomic E-state index is 0.0233. The van der Waals surface area contributed by atoms with Crippen LogP contribution in [0.4, 0.5) is 5.69 Å². The van der Waals surface area contributed by atoms with Crippen LogP contribution in [-0.4, -0.2) is 20.1 Å². The van der Waals surface area contributed by atoms with Crippen LogP contribution < -0.4 is 10.5 Å². The zero-order valence-corrected chi connectivity index (χ0v) is 9.34. The van der Waals surface area contributed by atoms with Gasteiger partial charge in [0.25, 0.3) is 10.1 Å². The Morgan fingerprint density at radius 1 is 1.47 bits per heavy atom. The van der Waals surface area contributed by atoms with Gasteiger partial charge in [-0.1, -0.05) is 6.92 Å². The average Bonchev–Trinajstić information content (AvgIpc) is 2.15. The van der Waals surface area contributed by atoms with Gasteiger partial charge in [-0.15, -0.1) is 0 Å². The molecule has 0 saturated carbocycles. The zero-order chi connectivity index (χ0) is 11.6. The van der Waals surface area contributed by atoms with Gasteiger partial charge in [0.1, 0.15) is 10.6 Å². The topological polar surface area (TPSA) is 89.6 Å². The normalized spacial score (nSPS) is 11.4. The quantitative estimate of drug-likeness (QED) is 0.600. The Hall–Kier alpha value is -1.27.